The van der Waals surface area contributed by atoms with Gasteiger partial charge in [-0.25, -0.2) is 27.5 Å². The summed E-state index contributed by atoms with van der Waals surface area (Å²) in [6.07, 6.45) is 0. The van der Waals surface area contributed by atoms with Crippen molar-refractivity contribution in [3.63, 3.8) is 0 Å². The predicted octanol–water partition coefficient (Wildman–Crippen LogP) is 1.61. The van der Waals surface area contributed by atoms with E-state index in [0.29, 0.717) is 17.2 Å². The molecule has 0 bridgehead atoms. The highest BCUT2D eigenvalue weighted by atomic mass is 32.2. The molecule has 1 heterocycles. The second-order valence-corrected chi connectivity index (χ2v) is 7.20. The molecule has 0 aliphatic heterocycles. The highest BCUT2D eigenvalue weighted by molar-refractivity contribution is 7.88. The Kier molecular flexibility index (Phi) is 5.27. The van der Waals surface area contributed by atoms with E-state index >= 15 is 0 Å². The first-order chi connectivity index (χ1) is 10.7. The molecule has 0 fully saturated rings. The number of anilines is 1. The summed E-state index contributed by atoms with van der Waals surface area (Å²) in [7, 11) is 0.0880. The molecule has 0 aliphatic carbocycles. The van der Waals surface area contributed by atoms with Crippen LogP contribution in [0.4, 0.5) is 10.2 Å². The van der Waals surface area contributed by atoms with Gasteiger partial charge in [0, 0.05) is 25.9 Å². The van der Waals surface area contributed by atoms with E-state index in [1.54, 1.807) is 6.07 Å². The van der Waals surface area contributed by atoms with Gasteiger partial charge in [0.15, 0.2) is 0 Å². The second kappa shape index (κ2) is 7.01. The Morgan fingerprint density at radius 1 is 1.22 bits per heavy atom. The molecule has 0 spiro atoms. The summed E-state index contributed by atoms with van der Waals surface area (Å²) in [5, 5.41) is 0. The van der Waals surface area contributed by atoms with Gasteiger partial charge in [0.25, 0.3) is 0 Å². The minimum atomic E-state index is -3.61. The molecule has 0 aliphatic rings. The zero-order valence-electron chi connectivity index (χ0n) is 13.2. The van der Waals surface area contributed by atoms with E-state index in [1.165, 1.54) is 18.2 Å². The smallest absolute Gasteiger partial charge is 0.216 e. The lowest BCUT2D eigenvalue weighted by Gasteiger charge is -2.13. The summed E-state index contributed by atoms with van der Waals surface area (Å²) in [5.74, 6) is 0.334. The van der Waals surface area contributed by atoms with Crippen LogP contribution < -0.4 is 9.62 Å². The molecule has 1 N–H and O–H groups in total. The normalized spacial score (nSPS) is 11.5. The number of aromatic nitrogens is 2. The van der Waals surface area contributed by atoms with Crippen LogP contribution >= 0.6 is 0 Å². The zero-order valence-corrected chi connectivity index (χ0v) is 14.1. The van der Waals surface area contributed by atoms with Gasteiger partial charge in [-0.3, -0.25) is 0 Å². The van der Waals surface area contributed by atoms with Crippen LogP contribution in [0.2, 0.25) is 0 Å². The van der Waals surface area contributed by atoms with Crippen molar-refractivity contribution in [2.24, 2.45) is 0 Å². The summed E-state index contributed by atoms with van der Waals surface area (Å²) in [6, 6.07) is 7.33. The van der Waals surface area contributed by atoms with Gasteiger partial charge in [0.1, 0.15) is 17.5 Å². The van der Waals surface area contributed by atoms with Crippen LogP contribution in [0.5, 0.6) is 0 Å². The van der Waals surface area contributed by atoms with Crippen LogP contribution in [-0.2, 0) is 22.3 Å². The summed E-state index contributed by atoms with van der Waals surface area (Å²) in [6.45, 7) is 1.81. The maximum atomic E-state index is 13.1. The third kappa shape index (κ3) is 5.26. The molecule has 8 heteroatoms. The lowest BCUT2D eigenvalue weighted by Crippen LogP contribution is -2.26. The second-order valence-electron chi connectivity index (χ2n) is 5.39. The molecule has 124 valence electrons. The Morgan fingerprint density at radius 3 is 2.61 bits per heavy atom. The van der Waals surface area contributed by atoms with Crippen LogP contribution in [0.15, 0.2) is 30.3 Å². The van der Waals surface area contributed by atoms with Gasteiger partial charge in [0.2, 0.25) is 10.0 Å². The highest BCUT2D eigenvalue weighted by Gasteiger charge is 2.13. The Morgan fingerprint density at radius 2 is 1.96 bits per heavy atom. The van der Waals surface area contributed by atoms with Gasteiger partial charge in [-0.1, -0.05) is 12.1 Å². The van der Waals surface area contributed by atoms with E-state index < -0.39 is 15.8 Å². The van der Waals surface area contributed by atoms with Crippen LogP contribution in [0, 0.1) is 12.7 Å². The molecule has 2 rings (SSSR count). The molecular formula is C15H19FN4O2S. The van der Waals surface area contributed by atoms with E-state index in [-0.39, 0.29) is 12.3 Å². The SMILES string of the molecule is Cc1cc(N(C)C)nc(CNS(=O)(=O)Cc2cccc(F)c2)n1. The molecule has 1 aromatic carbocycles. The Balaban J connectivity index is 2.07. The fourth-order valence-electron chi connectivity index (χ4n) is 1.99. The third-order valence-electron chi connectivity index (χ3n) is 3.04. The molecule has 2 aromatic rings. The van der Waals surface area contributed by atoms with E-state index in [0.717, 1.165) is 5.69 Å². The average Bonchev–Trinajstić information content (AvgIpc) is 2.44. The van der Waals surface area contributed by atoms with Gasteiger partial charge in [-0.2, -0.15) is 0 Å². The number of benzene rings is 1. The first-order valence-corrected chi connectivity index (χ1v) is 8.64. The van der Waals surface area contributed by atoms with Crippen molar-refractivity contribution < 1.29 is 12.8 Å². The average molecular weight is 338 g/mol. The topological polar surface area (TPSA) is 75.2 Å². The number of hydrogen-bond donors (Lipinski definition) is 1. The minimum absolute atomic E-state index is 0.0137. The predicted molar refractivity (Wildman–Crippen MR) is 87.0 cm³/mol. The van der Waals surface area contributed by atoms with Crippen LogP contribution in [0.3, 0.4) is 0 Å². The van der Waals surface area contributed by atoms with E-state index in [1.807, 2.05) is 32.0 Å². The van der Waals surface area contributed by atoms with E-state index in [2.05, 4.69) is 14.7 Å². The van der Waals surface area contributed by atoms with Gasteiger partial charge in [-0.15, -0.1) is 0 Å². The molecule has 0 atom stereocenters. The Bertz CT molecular complexity index is 794. The number of nitrogens with one attached hydrogen (secondary N) is 1. The first-order valence-electron chi connectivity index (χ1n) is 6.99. The van der Waals surface area contributed by atoms with Crippen molar-refractivity contribution in [2.45, 2.75) is 19.2 Å². The number of halogens is 1. The summed E-state index contributed by atoms with van der Waals surface area (Å²) in [4.78, 5) is 10.3. The maximum absolute atomic E-state index is 13.1. The molecule has 6 nitrogen and oxygen atoms in total. The number of rotatable bonds is 6. The number of aryl methyl sites for hydroxylation is 1. The molecule has 0 saturated carbocycles. The third-order valence-corrected chi connectivity index (χ3v) is 4.34. The van der Waals surface area contributed by atoms with Gasteiger partial charge in [-0.05, 0) is 24.6 Å². The van der Waals surface area contributed by atoms with Gasteiger partial charge >= 0.3 is 0 Å². The van der Waals surface area contributed by atoms with Crippen molar-refractivity contribution in [3.8, 4) is 0 Å². The van der Waals surface area contributed by atoms with Crippen LogP contribution in [-0.4, -0.2) is 32.5 Å². The number of sulfonamides is 1. The van der Waals surface area contributed by atoms with E-state index in [9.17, 15) is 12.8 Å². The quantitative estimate of drug-likeness (QED) is 0.866. The van der Waals surface area contributed by atoms with Crippen LogP contribution in [0.25, 0.3) is 0 Å². The monoisotopic (exact) mass is 338 g/mol. The lowest BCUT2D eigenvalue weighted by molar-refractivity contribution is 0.577. The van der Waals surface area contributed by atoms with Crippen molar-refractivity contribution in [2.75, 3.05) is 19.0 Å². The van der Waals surface area contributed by atoms with Crippen molar-refractivity contribution in [1.82, 2.24) is 14.7 Å². The zero-order chi connectivity index (χ0) is 17.0. The van der Waals surface area contributed by atoms with Crippen molar-refractivity contribution in [3.05, 3.63) is 53.2 Å². The largest absolute Gasteiger partial charge is 0.363 e. The van der Waals surface area contributed by atoms with Gasteiger partial charge < -0.3 is 4.90 Å². The fraction of sp³-hybridized carbons (Fsp3) is 0.333. The molecule has 0 saturated heterocycles. The molecule has 0 radical (unpaired) electrons. The molecule has 1 aromatic heterocycles. The number of hydrogen-bond acceptors (Lipinski definition) is 5. The molecule has 0 unspecified atom stereocenters. The van der Waals surface area contributed by atoms with Gasteiger partial charge in [0.05, 0.1) is 12.3 Å². The highest BCUT2D eigenvalue weighted by Crippen LogP contribution is 2.10. The Hall–Kier alpha value is -2.06. The summed E-state index contributed by atoms with van der Waals surface area (Å²) >= 11 is 0. The maximum Gasteiger partial charge on any atom is 0.216 e. The fourth-order valence-corrected chi connectivity index (χ4v) is 3.06. The summed E-state index contributed by atoms with van der Waals surface area (Å²) < 4.78 is 39.7. The van der Waals surface area contributed by atoms with Crippen LogP contribution in [0.1, 0.15) is 17.1 Å². The first kappa shape index (κ1) is 17.3. The molecular weight excluding hydrogens is 319 g/mol. The lowest BCUT2D eigenvalue weighted by atomic mass is 10.2. The Labute approximate surface area is 135 Å². The minimum Gasteiger partial charge on any atom is -0.363 e. The summed E-state index contributed by atoms with van der Waals surface area (Å²) in [5.41, 5.74) is 1.14. The van der Waals surface area contributed by atoms with E-state index in [4.69, 9.17) is 0 Å². The van der Waals surface area contributed by atoms with Crippen molar-refractivity contribution in [1.29, 1.82) is 0 Å². The van der Waals surface area contributed by atoms with Crippen molar-refractivity contribution >= 4 is 15.8 Å². The standard InChI is InChI=1S/C15H19FN4O2S/c1-11-7-15(20(2)3)19-14(18-11)9-17-23(21,22)10-12-5-4-6-13(16)8-12/h4-8,17H,9-10H2,1-3H3. The molecule has 23 heavy (non-hydrogen) atoms. The number of nitrogens with zero attached hydrogens (tertiary/aromatic N) is 3. The molecule has 0 amide bonds.